The van der Waals surface area contributed by atoms with Gasteiger partial charge < -0.3 is 9.97 Å². The van der Waals surface area contributed by atoms with Crippen molar-refractivity contribution in [2.45, 2.75) is 19.0 Å². The summed E-state index contributed by atoms with van der Waals surface area (Å²) in [5.74, 6) is 0.974. The van der Waals surface area contributed by atoms with Gasteiger partial charge in [0.25, 0.3) is 0 Å². The van der Waals surface area contributed by atoms with E-state index in [-0.39, 0.29) is 6.04 Å². The van der Waals surface area contributed by atoms with Crippen molar-refractivity contribution in [1.82, 2.24) is 34.6 Å². The Kier molecular flexibility index (Phi) is 3.64. The number of aromatic amines is 2. The fraction of sp³-hybridized carbons (Fsp3) is 0.211. The summed E-state index contributed by atoms with van der Waals surface area (Å²) in [6.45, 7) is 1.73. The minimum Gasteiger partial charge on any atom is -0.348 e. The van der Waals surface area contributed by atoms with Gasteiger partial charge in [0.05, 0.1) is 30.3 Å². The number of nitrogens with zero attached hydrogens (tertiary/aromatic N) is 5. The molecule has 0 saturated carbocycles. The zero-order valence-electron chi connectivity index (χ0n) is 14.2. The zero-order chi connectivity index (χ0) is 17.3. The van der Waals surface area contributed by atoms with E-state index >= 15 is 0 Å². The van der Waals surface area contributed by atoms with Crippen molar-refractivity contribution in [2.24, 2.45) is 0 Å². The van der Waals surface area contributed by atoms with Gasteiger partial charge in [-0.05, 0) is 23.8 Å². The van der Waals surface area contributed by atoms with Crippen LogP contribution in [-0.4, -0.2) is 41.2 Å². The summed E-state index contributed by atoms with van der Waals surface area (Å²) >= 11 is 0. The minimum absolute atomic E-state index is 0.113. The summed E-state index contributed by atoms with van der Waals surface area (Å²) in [4.78, 5) is 17.9. The quantitative estimate of drug-likeness (QED) is 0.596. The van der Waals surface area contributed by atoms with Crippen LogP contribution in [0.4, 0.5) is 0 Å². The second kappa shape index (κ2) is 6.27. The fourth-order valence-electron chi connectivity index (χ4n) is 3.67. The molecular weight excluding hydrogens is 326 g/mol. The number of hydrogen-bond acceptors (Lipinski definition) is 4. The molecule has 26 heavy (non-hydrogen) atoms. The first-order valence-electron chi connectivity index (χ1n) is 8.73. The van der Waals surface area contributed by atoms with Crippen molar-refractivity contribution in [2.75, 3.05) is 6.54 Å². The molecule has 7 heteroatoms. The van der Waals surface area contributed by atoms with Gasteiger partial charge in [-0.1, -0.05) is 12.1 Å². The molecule has 1 aliphatic heterocycles. The van der Waals surface area contributed by atoms with Crippen molar-refractivity contribution >= 4 is 0 Å². The van der Waals surface area contributed by atoms with Crippen LogP contribution in [0.5, 0.6) is 0 Å². The Morgan fingerprint density at radius 3 is 2.77 bits per heavy atom. The number of hydrogen-bond donors (Lipinski definition) is 2. The zero-order valence-corrected chi connectivity index (χ0v) is 14.2. The maximum absolute atomic E-state index is 4.62. The average Bonchev–Trinajstić information content (AvgIpc) is 3.44. The SMILES string of the molecule is c1cnn(-c2ccc([C@H]3c4nc[nH]c4CCN3Cc3ncc[nH]3)cc2)c1. The molecule has 4 aromatic rings. The highest BCUT2D eigenvalue weighted by Gasteiger charge is 2.31. The lowest BCUT2D eigenvalue weighted by atomic mass is 9.95. The van der Waals surface area contributed by atoms with E-state index in [1.54, 1.807) is 18.7 Å². The van der Waals surface area contributed by atoms with E-state index in [1.807, 2.05) is 23.1 Å². The first kappa shape index (κ1) is 15.1. The molecule has 7 nitrogen and oxygen atoms in total. The standard InChI is InChI=1S/C19H19N7/c1-7-24-26(10-1)15-4-2-14(3-5-15)19-18-16(22-13-23-18)6-11-25(19)12-17-20-8-9-21-17/h1-5,7-10,13,19H,6,11-12H2,(H,20,21)(H,22,23)/t19-/m0/s1. The topological polar surface area (TPSA) is 78.4 Å². The summed E-state index contributed by atoms with van der Waals surface area (Å²) in [6.07, 6.45) is 10.2. The number of rotatable bonds is 4. The van der Waals surface area contributed by atoms with Crippen LogP contribution in [0.25, 0.3) is 5.69 Å². The lowest BCUT2D eigenvalue weighted by molar-refractivity contribution is 0.196. The van der Waals surface area contributed by atoms with Crippen LogP contribution in [0.3, 0.4) is 0 Å². The van der Waals surface area contributed by atoms with Crippen molar-refractivity contribution < 1.29 is 0 Å². The predicted molar refractivity (Wildman–Crippen MR) is 96.7 cm³/mol. The Labute approximate surface area is 150 Å². The Balaban J connectivity index is 1.50. The van der Waals surface area contributed by atoms with Crippen LogP contribution < -0.4 is 0 Å². The molecule has 4 heterocycles. The molecule has 1 aromatic carbocycles. The number of H-pyrrole nitrogens is 2. The smallest absolute Gasteiger partial charge is 0.120 e. The van der Waals surface area contributed by atoms with E-state index in [9.17, 15) is 0 Å². The molecule has 0 radical (unpaired) electrons. The van der Waals surface area contributed by atoms with Gasteiger partial charge in [-0.15, -0.1) is 0 Å². The van der Waals surface area contributed by atoms with E-state index in [0.29, 0.717) is 0 Å². The van der Waals surface area contributed by atoms with Crippen molar-refractivity contribution in [3.05, 3.63) is 84.2 Å². The summed E-state index contributed by atoms with van der Waals surface area (Å²) in [6, 6.07) is 10.6. The molecule has 1 aliphatic rings. The molecule has 5 rings (SSSR count). The summed E-state index contributed by atoms with van der Waals surface area (Å²) in [5.41, 5.74) is 4.60. The lowest BCUT2D eigenvalue weighted by Gasteiger charge is -2.34. The van der Waals surface area contributed by atoms with Gasteiger partial charge in [-0.2, -0.15) is 5.10 Å². The Bertz CT molecular complexity index is 968. The minimum atomic E-state index is 0.113. The highest BCUT2D eigenvalue weighted by molar-refractivity contribution is 5.39. The molecule has 130 valence electrons. The monoisotopic (exact) mass is 345 g/mol. The Morgan fingerprint density at radius 2 is 2.00 bits per heavy atom. The van der Waals surface area contributed by atoms with Gasteiger partial charge in [0.1, 0.15) is 5.82 Å². The lowest BCUT2D eigenvalue weighted by Crippen LogP contribution is -2.36. The third-order valence-corrected chi connectivity index (χ3v) is 4.91. The highest BCUT2D eigenvalue weighted by atomic mass is 15.3. The molecule has 0 spiro atoms. The molecule has 0 aliphatic carbocycles. The Morgan fingerprint density at radius 1 is 1.08 bits per heavy atom. The van der Waals surface area contributed by atoms with E-state index < -0.39 is 0 Å². The fourth-order valence-corrected chi connectivity index (χ4v) is 3.67. The first-order valence-corrected chi connectivity index (χ1v) is 8.73. The number of imidazole rings is 2. The molecule has 0 unspecified atom stereocenters. The molecular formula is C19H19N7. The summed E-state index contributed by atoms with van der Waals surface area (Å²) in [7, 11) is 0. The van der Waals surface area contributed by atoms with Crippen LogP contribution in [0.15, 0.2) is 61.4 Å². The number of nitrogens with one attached hydrogen (secondary N) is 2. The number of benzene rings is 1. The largest absolute Gasteiger partial charge is 0.348 e. The van der Waals surface area contributed by atoms with E-state index in [0.717, 1.165) is 36.7 Å². The molecule has 0 saturated heterocycles. The molecule has 0 amide bonds. The second-order valence-electron chi connectivity index (χ2n) is 6.47. The van der Waals surface area contributed by atoms with Gasteiger partial charge in [-0.3, -0.25) is 4.90 Å². The summed E-state index contributed by atoms with van der Waals surface area (Å²) in [5, 5.41) is 4.30. The maximum Gasteiger partial charge on any atom is 0.120 e. The highest BCUT2D eigenvalue weighted by Crippen LogP contribution is 2.34. The molecule has 1 atom stereocenters. The summed E-state index contributed by atoms with van der Waals surface area (Å²) < 4.78 is 1.87. The number of fused-ring (bicyclic) bond motifs is 1. The molecule has 0 bridgehead atoms. The van der Waals surface area contributed by atoms with Crippen LogP contribution in [-0.2, 0) is 13.0 Å². The van der Waals surface area contributed by atoms with Crippen molar-refractivity contribution in [3.63, 3.8) is 0 Å². The van der Waals surface area contributed by atoms with Crippen LogP contribution in [0.1, 0.15) is 28.8 Å². The Hall–Kier alpha value is -3.19. The van der Waals surface area contributed by atoms with Crippen LogP contribution >= 0.6 is 0 Å². The third-order valence-electron chi connectivity index (χ3n) is 4.91. The first-order chi connectivity index (χ1) is 12.9. The van der Waals surface area contributed by atoms with Gasteiger partial charge >= 0.3 is 0 Å². The maximum atomic E-state index is 4.62. The third kappa shape index (κ3) is 2.62. The second-order valence-corrected chi connectivity index (χ2v) is 6.47. The van der Waals surface area contributed by atoms with E-state index in [2.05, 4.69) is 54.2 Å². The normalized spacial score (nSPS) is 17.3. The van der Waals surface area contributed by atoms with Crippen molar-refractivity contribution in [3.8, 4) is 5.69 Å². The molecule has 0 fully saturated rings. The van der Waals surface area contributed by atoms with Gasteiger partial charge in [0.15, 0.2) is 0 Å². The van der Waals surface area contributed by atoms with Gasteiger partial charge in [0.2, 0.25) is 0 Å². The van der Waals surface area contributed by atoms with E-state index in [1.165, 1.54) is 11.3 Å². The number of aromatic nitrogens is 6. The van der Waals surface area contributed by atoms with Crippen LogP contribution in [0, 0.1) is 0 Å². The van der Waals surface area contributed by atoms with E-state index in [4.69, 9.17) is 0 Å². The molecule has 3 aromatic heterocycles. The molecule has 2 N–H and O–H groups in total. The van der Waals surface area contributed by atoms with Crippen molar-refractivity contribution in [1.29, 1.82) is 0 Å². The van der Waals surface area contributed by atoms with Gasteiger partial charge in [-0.25, -0.2) is 14.6 Å². The average molecular weight is 345 g/mol. The van der Waals surface area contributed by atoms with Crippen LogP contribution in [0.2, 0.25) is 0 Å². The van der Waals surface area contributed by atoms with Gasteiger partial charge in [0, 0.05) is 43.4 Å². The predicted octanol–water partition coefficient (Wildman–Crippen LogP) is 2.47.